The zero-order valence-electron chi connectivity index (χ0n) is 32.1. The van der Waals surface area contributed by atoms with Crippen LogP contribution in [0.25, 0.3) is 0 Å². The molecule has 0 aromatic rings. The van der Waals surface area contributed by atoms with E-state index < -0.39 is 24.7 Å². The van der Waals surface area contributed by atoms with Gasteiger partial charge in [0.25, 0.3) is 0 Å². The molecule has 5 atom stereocenters. The van der Waals surface area contributed by atoms with Crippen LogP contribution in [0.4, 0.5) is 0 Å². The van der Waals surface area contributed by atoms with Crippen LogP contribution in [0.1, 0.15) is 103 Å². The molecule has 5 unspecified atom stereocenters. The molecule has 0 radical (unpaired) electrons. The van der Waals surface area contributed by atoms with Crippen molar-refractivity contribution in [1.29, 1.82) is 0 Å². The molecule has 0 rings (SSSR count). The summed E-state index contributed by atoms with van der Waals surface area (Å²) in [5.41, 5.74) is -8.33. The van der Waals surface area contributed by atoms with E-state index in [0.717, 1.165) is 0 Å². The van der Waals surface area contributed by atoms with E-state index in [2.05, 4.69) is 0 Å². The minimum Gasteiger partial charge on any atom is -0.466 e. The van der Waals surface area contributed by atoms with Crippen molar-refractivity contribution in [3.05, 3.63) is 0 Å². The number of carbonyl (C=O) groups excluding carboxylic acids is 1. The predicted octanol–water partition coefficient (Wildman–Crippen LogP) is 12.1. The van der Waals surface area contributed by atoms with Gasteiger partial charge in [0.05, 0.1) is 61.9 Å². The number of rotatable bonds is 30. The lowest BCUT2D eigenvalue weighted by Crippen LogP contribution is -2.17. The van der Waals surface area contributed by atoms with Crippen molar-refractivity contribution in [2.24, 2.45) is 0 Å². The van der Waals surface area contributed by atoms with Crippen LogP contribution in [0.15, 0.2) is 0 Å². The number of hydrogen-bond donors (Lipinski definition) is 0. The van der Waals surface area contributed by atoms with Gasteiger partial charge in [-0.2, -0.15) is 0 Å². The van der Waals surface area contributed by atoms with Crippen molar-refractivity contribution in [3.63, 3.8) is 0 Å². The van der Waals surface area contributed by atoms with E-state index in [-0.39, 0.29) is 61.2 Å². The van der Waals surface area contributed by atoms with E-state index in [1.165, 1.54) is 34.1 Å². The second-order valence-electron chi connectivity index (χ2n) is 12.4. The maximum absolute atomic E-state index is 11.9. The highest BCUT2D eigenvalue weighted by Gasteiger charge is 2.32. The summed E-state index contributed by atoms with van der Waals surface area (Å²) in [6.45, 7) is 27.6. The molecular formula is C29H62O10P4S7. The van der Waals surface area contributed by atoms with Crippen molar-refractivity contribution in [3.8, 4) is 0 Å². The van der Waals surface area contributed by atoms with Crippen molar-refractivity contribution in [1.82, 2.24) is 0 Å². The molecule has 300 valence electrons. The number of ether oxygens (including phenoxy) is 1. The summed E-state index contributed by atoms with van der Waals surface area (Å²) >= 11 is 23.8. The zero-order chi connectivity index (χ0) is 38.7. The summed E-state index contributed by atoms with van der Waals surface area (Å²) < 4.78 is 55.0. The third-order valence-corrected chi connectivity index (χ3v) is 25.1. The van der Waals surface area contributed by atoms with Crippen LogP contribution in [-0.2, 0) is 81.1 Å². The lowest BCUT2D eigenvalue weighted by molar-refractivity contribution is -0.142. The van der Waals surface area contributed by atoms with Gasteiger partial charge >= 0.3 is 5.97 Å². The molecule has 10 nitrogen and oxygen atoms in total. The molecule has 50 heavy (non-hydrogen) atoms. The van der Waals surface area contributed by atoms with Gasteiger partial charge in [-0.1, -0.05) is 45.5 Å². The Balaban J connectivity index is 5.89. The summed E-state index contributed by atoms with van der Waals surface area (Å²) in [5, 5.41) is 0. The SMILES string of the molecule is CCOC(=O)CCSP(=S)(OC(C)C)OC(C)CSP(=S)(OC(C)CSP(OC(C)C)OC(C)C)OC(C)CSP(=S)(OC(C)C)OC(C)C. The van der Waals surface area contributed by atoms with Crippen molar-refractivity contribution in [2.45, 2.75) is 152 Å². The molecule has 0 saturated carbocycles. The Morgan fingerprint density at radius 1 is 0.560 bits per heavy atom. The first-order valence-electron chi connectivity index (χ1n) is 16.8. The summed E-state index contributed by atoms with van der Waals surface area (Å²) in [6, 6.07) is 0. The average Bonchev–Trinajstić information content (AvgIpc) is 2.92. The Morgan fingerprint density at radius 2 is 0.920 bits per heavy atom. The first-order chi connectivity index (χ1) is 23.0. The normalized spacial score (nSPS) is 17.1. The van der Waals surface area contributed by atoms with E-state index in [9.17, 15) is 4.79 Å². The highest BCUT2D eigenvalue weighted by Crippen LogP contribution is 2.67. The lowest BCUT2D eigenvalue weighted by Gasteiger charge is -2.31. The van der Waals surface area contributed by atoms with E-state index in [0.29, 0.717) is 29.6 Å². The predicted molar refractivity (Wildman–Crippen MR) is 234 cm³/mol. The fourth-order valence-electron chi connectivity index (χ4n) is 3.25. The fraction of sp³-hybridized carbons (Fsp3) is 0.966. The standard InChI is InChI=1S/C29H62O10P4S7/c1-15-31-29(30)16-17-48-42(45,36-25(10)11)38-27(13)20-50-43(46,37-26(12)18-47-40(32-21(2)3)33-22(4)5)39-28(14)19-49-41(44,34-23(6)7)35-24(8)9/h21-28H,15-20H2,1-14H3. The molecule has 0 bridgehead atoms. The fourth-order valence-corrected chi connectivity index (χ4v) is 24.1. The van der Waals surface area contributed by atoms with E-state index in [1.807, 2.05) is 90.0 Å². The van der Waals surface area contributed by atoms with Gasteiger partial charge in [-0.15, -0.1) is 0 Å². The molecule has 0 saturated heterocycles. The smallest absolute Gasteiger partial charge is 0.306 e. The highest BCUT2D eigenvalue weighted by molar-refractivity contribution is 8.69. The highest BCUT2D eigenvalue weighted by atomic mass is 32.9. The van der Waals surface area contributed by atoms with Crippen LogP contribution in [-0.4, -0.2) is 84.4 Å². The van der Waals surface area contributed by atoms with Crippen LogP contribution in [0.2, 0.25) is 0 Å². The van der Waals surface area contributed by atoms with Gasteiger partial charge in [-0.25, -0.2) is 0 Å². The largest absolute Gasteiger partial charge is 0.466 e. The van der Waals surface area contributed by atoms with Gasteiger partial charge in [0, 0.05) is 23.0 Å². The van der Waals surface area contributed by atoms with Crippen molar-refractivity contribution in [2.75, 3.05) is 29.6 Å². The first kappa shape index (κ1) is 52.9. The van der Waals surface area contributed by atoms with Gasteiger partial charge in [0.15, 0.2) is 0 Å². The van der Waals surface area contributed by atoms with Gasteiger partial charge in [0.2, 0.25) is 24.7 Å². The topological polar surface area (TPSA) is 100 Å². The van der Waals surface area contributed by atoms with Gasteiger partial charge in [0.1, 0.15) is 0 Å². The number of esters is 1. The van der Waals surface area contributed by atoms with Crippen molar-refractivity contribution < 1.29 is 45.7 Å². The van der Waals surface area contributed by atoms with Crippen LogP contribution < -0.4 is 0 Å². The molecule has 0 amide bonds. The molecule has 0 aromatic heterocycles. The van der Waals surface area contributed by atoms with Crippen LogP contribution >= 0.6 is 70.2 Å². The third-order valence-electron chi connectivity index (χ3n) is 4.75. The van der Waals surface area contributed by atoms with Gasteiger partial charge in [-0.05, 0) is 132 Å². The molecule has 21 heteroatoms. The zero-order valence-corrected chi connectivity index (χ0v) is 41.4. The summed E-state index contributed by atoms with van der Waals surface area (Å²) in [6.07, 6.45) is -0.874. The number of carbonyl (C=O) groups is 1. The van der Waals surface area contributed by atoms with Crippen molar-refractivity contribution >= 4 is 112 Å². The maximum Gasteiger partial charge on any atom is 0.306 e. The Morgan fingerprint density at radius 3 is 1.28 bits per heavy atom. The van der Waals surface area contributed by atoms with E-state index in [4.69, 9.17) is 76.3 Å². The molecule has 0 fully saturated rings. The second-order valence-corrected chi connectivity index (χ2v) is 34.3. The lowest BCUT2D eigenvalue weighted by atomic mass is 10.5. The monoisotopic (exact) mass is 918 g/mol. The molecular weight excluding hydrogens is 857 g/mol. The summed E-state index contributed by atoms with van der Waals surface area (Å²) in [7, 11) is -1.16. The maximum atomic E-state index is 11.9. The number of hydrogen-bond acceptors (Lipinski definition) is 17. The van der Waals surface area contributed by atoms with E-state index in [1.54, 1.807) is 18.3 Å². The average molecular weight is 919 g/mol. The minimum absolute atomic E-state index is 0.0360. The van der Waals surface area contributed by atoms with Gasteiger partial charge < -0.3 is 40.9 Å². The Bertz CT molecular complexity index is 1070. The Kier molecular flexibility index (Phi) is 29.2. The second kappa shape index (κ2) is 27.5. The Hall–Kier alpha value is 2.93. The molecule has 0 aliphatic rings. The molecule has 0 aromatic carbocycles. The first-order valence-corrected chi connectivity index (χ1v) is 32.2. The molecule has 0 aliphatic heterocycles. The molecule has 0 aliphatic carbocycles. The van der Waals surface area contributed by atoms with Crippen LogP contribution in [0.3, 0.4) is 0 Å². The molecule has 0 N–H and O–H groups in total. The third kappa shape index (κ3) is 27.5. The summed E-state index contributed by atoms with van der Waals surface area (Å²) in [4.78, 5) is 11.9. The quantitative estimate of drug-likeness (QED) is 0.0504. The Labute approximate surface area is 336 Å². The molecule has 0 spiro atoms. The van der Waals surface area contributed by atoms with E-state index >= 15 is 0 Å². The van der Waals surface area contributed by atoms with Gasteiger partial charge in [-0.3, -0.25) is 4.79 Å². The van der Waals surface area contributed by atoms with Crippen LogP contribution in [0, 0.1) is 0 Å². The molecule has 0 heterocycles. The minimum atomic E-state index is -2.94. The van der Waals surface area contributed by atoms with Crippen LogP contribution in [0.5, 0.6) is 0 Å². The summed E-state index contributed by atoms with van der Waals surface area (Å²) in [5.74, 6) is 1.75.